The summed E-state index contributed by atoms with van der Waals surface area (Å²) < 4.78 is 28.1. The van der Waals surface area contributed by atoms with Crippen LogP contribution in [-0.2, 0) is 16.6 Å². The van der Waals surface area contributed by atoms with Crippen molar-refractivity contribution in [2.24, 2.45) is 11.8 Å². The highest BCUT2D eigenvalue weighted by molar-refractivity contribution is 7.89. The van der Waals surface area contributed by atoms with Crippen molar-refractivity contribution in [3.63, 3.8) is 0 Å². The molecule has 2 rings (SSSR count). The minimum atomic E-state index is -3.53. The zero-order valence-electron chi connectivity index (χ0n) is 13.0. The predicted octanol–water partition coefficient (Wildman–Crippen LogP) is 2.59. The van der Waals surface area contributed by atoms with Gasteiger partial charge in [-0.3, -0.25) is 0 Å². The lowest BCUT2D eigenvalue weighted by Gasteiger charge is -2.21. The monoisotopic (exact) mass is 311 g/mol. The molecule has 0 radical (unpaired) electrons. The van der Waals surface area contributed by atoms with Crippen molar-refractivity contribution >= 4 is 10.0 Å². The third-order valence-corrected chi connectivity index (χ3v) is 6.41. The van der Waals surface area contributed by atoms with Gasteiger partial charge in [-0.1, -0.05) is 32.4 Å². The van der Waals surface area contributed by atoms with E-state index in [0.717, 1.165) is 19.3 Å². The zero-order chi connectivity index (χ0) is 15.6. The van der Waals surface area contributed by atoms with Gasteiger partial charge >= 0.3 is 0 Å². The topological polar surface area (TPSA) is 66.4 Å². The van der Waals surface area contributed by atoms with Gasteiger partial charge in [0.25, 0.3) is 0 Å². The molecular formula is C16H25NO3S. The van der Waals surface area contributed by atoms with Gasteiger partial charge in [0, 0.05) is 6.04 Å². The lowest BCUT2D eigenvalue weighted by atomic mass is 9.94. The fourth-order valence-electron chi connectivity index (χ4n) is 3.29. The molecule has 1 fully saturated rings. The summed E-state index contributed by atoms with van der Waals surface area (Å²) in [5, 5.41) is 9.20. The summed E-state index contributed by atoms with van der Waals surface area (Å²) in [7, 11) is -3.53. The average Bonchev–Trinajstić information content (AvgIpc) is 2.79. The summed E-state index contributed by atoms with van der Waals surface area (Å²) >= 11 is 0. The number of sulfonamides is 1. The quantitative estimate of drug-likeness (QED) is 0.878. The van der Waals surface area contributed by atoms with Crippen LogP contribution >= 0.6 is 0 Å². The van der Waals surface area contributed by atoms with E-state index in [1.807, 2.05) is 0 Å². The molecule has 5 heteroatoms. The molecule has 0 spiro atoms. The van der Waals surface area contributed by atoms with Crippen LogP contribution in [0.25, 0.3) is 0 Å². The fraction of sp³-hybridized carbons (Fsp3) is 0.625. The van der Waals surface area contributed by atoms with Gasteiger partial charge in [0.15, 0.2) is 0 Å². The molecule has 1 aromatic carbocycles. The Morgan fingerprint density at radius 1 is 1.33 bits per heavy atom. The molecule has 0 saturated heterocycles. The third-order valence-electron chi connectivity index (χ3n) is 4.78. The van der Waals surface area contributed by atoms with Crippen LogP contribution in [0.3, 0.4) is 0 Å². The maximum absolute atomic E-state index is 12.6. The van der Waals surface area contributed by atoms with Crippen LogP contribution in [0.4, 0.5) is 0 Å². The molecule has 0 bridgehead atoms. The zero-order valence-corrected chi connectivity index (χ0v) is 13.8. The fourth-order valence-corrected chi connectivity index (χ4v) is 4.94. The SMILES string of the molecule is CCC1CCC(NS(=O)(=O)c2cc(CO)ccc2C)C1C. The number of aliphatic hydroxyl groups excluding tert-OH is 1. The summed E-state index contributed by atoms with van der Waals surface area (Å²) in [5.41, 5.74) is 1.32. The van der Waals surface area contributed by atoms with Gasteiger partial charge in [-0.2, -0.15) is 0 Å². The Morgan fingerprint density at radius 2 is 2.05 bits per heavy atom. The van der Waals surface area contributed by atoms with Gasteiger partial charge in [-0.15, -0.1) is 0 Å². The Bertz CT molecular complexity index is 598. The van der Waals surface area contributed by atoms with E-state index in [4.69, 9.17) is 0 Å². The minimum Gasteiger partial charge on any atom is -0.392 e. The third kappa shape index (κ3) is 3.47. The number of aliphatic hydroxyl groups is 1. The Morgan fingerprint density at radius 3 is 2.62 bits per heavy atom. The number of benzene rings is 1. The lowest BCUT2D eigenvalue weighted by molar-refractivity contribution is 0.281. The Kier molecular flexibility index (Phi) is 5.07. The Labute approximate surface area is 127 Å². The minimum absolute atomic E-state index is 0.0112. The van der Waals surface area contributed by atoms with E-state index in [1.54, 1.807) is 25.1 Å². The van der Waals surface area contributed by atoms with Crippen molar-refractivity contribution in [2.75, 3.05) is 0 Å². The highest BCUT2D eigenvalue weighted by Crippen LogP contribution is 2.34. The van der Waals surface area contributed by atoms with Crippen LogP contribution in [0.1, 0.15) is 44.2 Å². The van der Waals surface area contributed by atoms with Crippen LogP contribution < -0.4 is 4.72 Å². The number of nitrogens with one attached hydrogen (secondary N) is 1. The summed E-state index contributed by atoms with van der Waals surface area (Å²) in [6, 6.07) is 5.07. The molecule has 118 valence electrons. The molecule has 3 unspecified atom stereocenters. The molecule has 1 aromatic rings. The van der Waals surface area contributed by atoms with Crippen LogP contribution in [0, 0.1) is 18.8 Å². The standard InChI is InChI=1S/C16H25NO3S/c1-4-14-7-8-15(12(14)3)17-21(19,20)16-9-13(10-18)6-5-11(16)2/h5-6,9,12,14-15,17-18H,4,7-8,10H2,1-3H3. The molecule has 4 nitrogen and oxygen atoms in total. The molecule has 0 heterocycles. The maximum Gasteiger partial charge on any atom is 0.241 e. The first-order valence-corrected chi connectivity index (χ1v) is 9.10. The van der Waals surface area contributed by atoms with Crippen LogP contribution in [0.2, 0.25) is 0 Å². The van der Waals surface area contributed by atoms with Gasteiger partial charge in [0.2, 0.25) is 10.0 Å². The summed E-state index contributed by atoms with van der Waals surface area (Å²) in [4.78, 5) is 0.279. The average molecular weight is 311 g/mol. The van der Waals surface area contributed by atoms with Crippen molar-refractivity contribution in [1.82, 2.24) is 4.72 Å². The molecule has 3 atom stereocenters. The molecule has 0 aliphatic heterocycles. The molecular weight excluding hydrogens is 286 g/mol. The van der Waals surface area contributed by atoms with Crippen LogP contribution in [-0.4, -0.2) is 19.6 Å². The van der Waals surface area contributed by atoms with E-state index in [2.05, 4.69) is 18.6 Å². The van der Waals surface area contributed by atoms with Crippen molar-refractivity contribution < 1.29 is 13.5 Å². The molecule has 1 aliphatic rings. The highest BCUT2D eigenvalue weighted by atomic mass is 32.2. The molecule has 2 N–H and O–H groups in total. The van der Waals surface area contributed by atoms with Crippen molar-refractivity contribution in [3.8, 4) is 0 Å². The molecule has 1 aliphatic carbocycles. The van der Waals surface area contributed by atoms with Gasteiger partial charge < -0.3 is 5.11 Å². The Balaban J connectivity index is 2.23. The highest BCUT2D eigenvalue weighted by Gasteiger charge is 2.34. The predicted molar refractivity (Wildman–Crippen MR) is 83.4 cm³/mol. The smallest absolute Gasteiger partial charge is 0.241 e. The van der Waals surface area contributed by atoms with E-state index < -0.39 is 10.0 Å². The van der Waals surface area contributed by atoms with Crippen molar-refractivity contribution in [1.29, 1.82) is 0 Å². The maximum atomic E-state index is 12.6. The van der Waals surface area contributed by atoms with Gasteiger partial charge in [-0.05, 0) is 48.8 Å². The van der Waals surface area contributed by atoms with Crippen LogP contribution in [0.15, 0.2) is 23.1 Å². The summed E-state index contributed by atoms with van der Waals surface area (Å²) in [6.07, 6.45) is 3.08. The molecule has 0 amide bonds. The van der Waals surface area contributed by atoms with Gasteiger partial charge in [0.1, 0.15) is 0 Å². The van der Waals surface area contributed by atoms with E-state index >= 15 is 0 Å². The summed E-state index contributed by atoms with van der Waals surface area (Å²) in [5.74, 6) is 0.966. The van der Waals surface area contributed by atoms with E-state index in [-0.39, 0.29) is 17.5 Å². The van der Waals surface area contributed by atoms with Crippen LogP contribution in [0.5, 0.6) is 0 Å². The normalized spacial score (nSPS) is 26.2. The second-order valence-corrected chi connectivity index (χ2v) is 7.77. The van der Waals surface area contributed by atoms with E-state index in [9.17, 15) is 13.5 Å². The lowest BCUT2D eigenvalue weighted by Crippen LogP contribution is -2.37. The Hall–Kier alpha value is -0.910. The number of aryl methyl sites for hydroxylation is 1. The van der Waals surface area contributed by atoms with Crippen molar-refractivity contribution in [3.05, 3.63) is 29.3 Å². The van der Waals surface area contributed by atoms with E-state index in [1.165, 1.54) is 0 Å². The molecule has 1 saturated carbocycles. The molecule has 0 aromatic heterocycles. The second kappa shape index (κ2) is 6.46. The van der Waals surface area contributed by atoms with Gasteiger partial charge in [0.05, 0.1) is 11.5 Å². The van der Waals surface area contributed by atoms with Gasteiger partial charge in [-0.25, -0.2) is 13.1 Å². The largest absolute Gasteiger partial charge is 0.392 e. The van der Waals surface area contributed by atoms with Crippen molar-refractivity contribution in [2.45, 2.75) is 57.6 Å². The van der Waals surface area contributed by atoms with E-state index in [0.29, 0.717) is 23.0 Å². The number of hydrogen-bond donors (Lipinski definition) is 2. The first kappa shape index (κ1) is 16.5. The number of rotatable bonds is 5. The number of hydrogen-bond acceptors (Lipinski definition) is 3. The summed E-state index contributed by atoms with van der Waals surface area (Å²) in [6.45, 7) is 5.92. The first-order chi connectivity index (χ1) is 9.89. The molecule has 21 heavy (non-hydrogen) atoms. The first-order valence-electron chi connectivity index (χ1n) is 7.61. The second-order valence-electron chi connectivity index (χ2n) is 6.09.